The van der Waals surface area contributed by atoms with Crippen molar-refractivity contribution in [1.29, 1.82) is 0 Å². The molecule has 0 atom stereocenters. The van der Waals surface area contributed by atoms with E-state index in [0.29, 0.717) is 0 Å². The third-order valence-electron chi connectivity index (χ3n) is 2.72. The molecule has 3 aromatic rings. The van der Waals surface area contributed by atoms with E-state index in [1.165, 1.54) is 0 Å². The molecule has 0 bridgehead atoms. The molecule has 1 aromatic heterocycles. The van der Waals surface area contributed by atoms with Gasteiger partial charge in [0.1, 0.15) is 11.5 Å². The Morgan fingerprint density at radius 1 is 0.850 bits per heavy atom. The van der Waals surface area contributed by atoms with Gasteiger partial charge in [-0.2, -0.15) is 11.3 Å². The standard InChI is InChI=1S/C17H13NOS/c1-2-4-16(5-3-1)19-17-8-6-15(7-9-17)18-12-14-10-11-20-13-14/h1-13H. The van der Waals surface area contributed by atoms with Gasteiger partial charge < -0.3 is 4.74 Å². The van der Waals surface area contributed by atoms with Crippen molar-refractivity contribution in [1.82, 2.24) is 0 Å². The molecule has 0 unspecified atom stereocenters. The molecular weight excluding hydrogens is 266 g/mol. The summed E-state index contributed by atoms with van der Waals surface area (Å²) in [6.07, 6.45) is 1.86. The number of thiophene rings is 1. The summed E-state index contributed by atoms with van der Waals surface area (Å²) in [6, 6.07) is 19.5. The first kappa shape index (κ1) is 12.6. The zero-order valence-corrected chi connectivity index (χ0v) is 11.6. The van der Waals surface area contributed by atoms with Crippen LogP contribution < -0.4 is 4.74 Å². The molecule has 0 N–H and O–H groups in total. The molecule has 0 spiro atoms. The highest BCUT2D eigenvalue weighted by Crippen LogP contribution is 2.23. The van der Waals surface area contributed by atoms with Gasteiger partial charge in [-0.25, -0.2) is 0 Å². The lowest BCUT2D eigenvalue weighted by molar-refractivity contribution is 0.483. The maximum absolute atomic E-state index is 5.73. The van der Waals surface area contributed by atoms with Crippen LogP contribution in [0.3, 0.4) is 0 Å². The number of para-hydroxylation sites is 1. The maximum atomic E-state index is 5.73. The summed E-state index contributed by atoms with van der Waals surface area (Å²) in [5, 5.41) is 4.11. The summed E-state index contributed by atoms with van der Waals surface area (Å²) in [4.78, 5) is 4.42. The van der Waals surface area contributed by atoms with E-state index in [1.807, 2.05) is 72.3 Å². The Bertz CT molecular complexity index is 673. The van der Waals surface area contributed by atoms with Gasteiger partial charge >= 0.3 is 0 Å². The van der Waals surface area contributed by atoms with Crippen molar-refractivity contribution in [2.45, 2.75) is 0 Å². The minimum absolute atomic E-state index is 0.811. The Kier molecular flexibility index (Phi) is 3.90. The Balaban J connectivity index is 1.68. The SMILES string of the molecule is C(=Nc1ccc(Oc2ccccc2)cc1)c1ccsc1. The largest absolute Gasteiger partial charge is 0.457 e. The number of aliphatic imine (C=N–C) groups is 1. The Labute approximate surface area is 122 Å². The summed E-state index contributed by atoms with van der Waals surface area (Å²) in [7, 11) is 0. The van der Waals surface area contributed by atoms with E-state index in [1.54, 1.807) is 11.3 Å². The molecule has 98 valence electrons. The van der Waals surface area contributed by atoms with E-state index < -0.39 is 0 Å². The van der Waals surface area contributed by atoms with Gasteiger partial charge in [-0.3, -0.25) is 4.99 Å². The number of ether oxygens (including phenoxy) is 1. The molecule has 2 nitrogen and oxygen atoms in total. The van der Waals surface area contributed by atoms with Gasteiger partial charge in [0.2, 0.25) is 0 Å². The highest BCUT2D eigenvalue weighted by Gasteiger charge is 1.96. The molecule has 3 rings (SSSR count). The van der Waals surface area contributed by atoms with Crippen LogP contribution in [0.5, 0.6) is 11.5 Å². The van der Waals surface area contributed by atoms with Crippen molar-refractivity contribution in [3.63, 3.8) is 0 Å². The number of hydrogen-bond acceptors (Lipinski definition) is 3. The van der Waals surface area contributed by atoms with Gasteiger partial charge in [0.05, 0.1) is 5.69 Å². The topological polar surface area (TPSA) is 21.6 Å². The minimum atomic E-state index is 0.811. The Morgan fingerprint density at radius 2 is 1.60 bits per heavy atom. The van der Waals surface area contributed by atoms with Crippen molar-refractivity contribution in [2.24, 2.45) is 4.99 Å². The third-order valence-corrected chi connectivity index (χ3v) is 3.42. The van der Waals surface area contributed by atoms with Gasteiger partial charge in [0.15, 0.2) is 0 Å². The van der Waals surface area contributed by atoms with Gasteiger partial charge in [-0.05, 0) is 53.2 Å². The maximum Gasteiger partial charge on any atom is 0.127 e. The monoisotopic (exact) mass is 279 g/mol. The highest BCUT2D eigenvalue weighted by molar-refractivity contribution is 7.08. The molecule has 3 heteroatoms. The van der Waals surface area contributed by atoms with Crippen LogP contribution >= 0.6 is 11.3 Å². The fourth-order valence-electron chi connectivity index (χ4n) is 1.72. The van der Waals surface area contributed by atoms with Crippen molar-refractivity contribution < 1.29 is 4.74 Å². The van der Waals surface area contributed by atoms with E-state index in [9.17, 15) is 0 Å². The first-order chi connectivity index (χ1) is 9.90. The second-order valence-electron chi connectivity index (χ2n) is 4.22. The molecule has 0 saturated carbocycles. The molecule has 20 heavy (non-hydrogen) atoms. The summed E-state index contributed by atoms with van der Waals surface area (Å²) in [5.41, 5.74) is 2.04. The molecule has 0 aliphatic carbocycles. The lowest BCUT2D eigenvalue weighted by Crippen LogP contribution is -1.82. The molecule has 0 radical (unpaired) electrons. The predicted octanol–water partition coefficient (Wildman–Crippen LogP) is 5.29. The van der Waals surface area contributed by atoms with Crippen molar-refractivity contribution in [2.75, 3.05) is 0 Å². The van der Waals surface area contributed by atoms with Crippen LogP contribution in [0.4, 0.5) is 5.69 Å². The fraction of sp³-hybridized carbons (Fsp3) is 0. The third kappa shape index (κ3) is 3.33. The predicted molar refractivity (Wildman–Crippen MR) is 84.5 cm³/mol. The van der Waals surface area contributed by atoms with Crippen LogP contribution in [0.2, 0.25) is 0 Å². The number of nitrogens with zero attached hydrogens (tertiary/aromatic N) is 1. The molecule has 0 aliphatic rings. The zero-order chi connectivity index (χ0) is 13.6. The first-order valence-electron chi connectivity index (χ1n) is 6.29. The lowest BCUT2D eigenvalue weighted by Gasteiger charge is -2.05. The van der Waals surface area contributed by atoms with E-state index in [-0.39, 0.29) is 0 Å². The van der Waals surface area contributed by atoms with Crippen molar-refractivity contribution in [3.05, 3.63) is 77.0 Å². The molecular formula is C17H13NOS. The minimum Gasteiger partial charge on any atom is -0.457 e. The average Bonchev–Trinajstić information content (AvgIpc) is 3.01. The van der Waals surface area contributed by atoms with E-state index >= 15 is 0 Å². The normalized spacial score (nSPS) is 10.8. The molecule has 1 heterocycles. The molecule has 0 saturated heterocycles. The second-order valence-corrected chi connectivity index (χ2v) is 5.00. The van der Waals surface area contributed by atoms with Gasteiger partial charge in [0, 0.05) is 11.8 Å². The smallest absolute Gasteiger partial charge is 0.127 e. The number of hydrogen-bond donors (Lipinski definition) is 0. The average molecular weight is 279 g/mol. The summed E-state index contributed by atoms with van der Waals surface area (Å²) in [5.74, 6) is 1.65. The van der Waals surface area contributed by atoms with Crippen LogP contribution in [0, 0.1) is 0 Å². The summed E-state index contributed by atoms with van der Waals surface area (Å²) >= 11 is 1.67. The Hall–Kier alpha value is -2.39. The van der Waals surface area contributed by atoms with Crippen LogP contribution in [-0.4, -0.2) is 6.21 Å². The number of benzene rings is 2. The van der Waals surface area contributed by atoms with Crippen LogP contribution in [0.15, 0.2) is 76.4 Å². The fourth-order valence-corrected chi connectivity index (χ4v) is 2.33. The van der Waals surface area contributed by atoms with Gasteiger partial charge in [0.25, 0.3) is 0 Å². The van der Waals surface area contributed by atoms with Crippen LogP contribution in [0.1, 0.15) is 5.56 Å². The van der Waals surface area contributed by atoms with E-state index in [0.717, 1.165) is 22.7 Å². The quantitative estimate of drug-likeness (QED) is 0.594. The van der Waals surface area contributed by atoms with Crippen molar-refractivity contribution >= 4 is 23.2 Å². The molecule has 0 amide bonds. The Morgan fingerprint density at radius 3 is 2.30 bits per heavy atom. The molecule has 2 aromatic carbocycles. The number of rotatable bonds is 4. The van der Waals surface area contributed by atoms with Gasteiger partial charge in [-0.1, -0.05) is 18.2 Å². The lowest BCUT2D eigenvalue weighted by atomic mass is 10.3. The van der Waals surface area contributed by atoms with Crippen LogP contribution in [0.25, 0.3) is 0 Å². The molecule has 0 aliphatic heterocycles. The summed E-state index contributed by atoms with van der Waals surface area (Å²) < 4.78 is 5.73. The summed E-state index contributed by atoms with van der Waals surface area (Å²) in [6.45, 7) is 0. The van der Waals surface area contributed by atoms with E-state index in [2.05, 4.69) is 10.4 Å². The molecule has 0 fully saturated rings. The highest BCUT2D eigenvalue weighted by atomic mass is 32.1. The first-order valence-corrected chi connectivity index (χ1v) is 7.24. The van der Waals surface area contributed by atoms with E-state index in [4.69, 9.17) is 4.74 Å². The second kappa shape index (κ2) is 6.17. The zero-order valence-electron chi connectivity index (χ0n) is 10.8. The van der Waals surface area contributed by atoms with Gasteiger partial charge in [-0.15, -0.1) is 0 Å². The van der Waals surface area contributed by atoms with Crippen LogP contribution in [-0.2, 0) is 0 Å². The van der Waals surface area contributed by atoms with Crippen molar-refractivity contribution in [3.8, 4) is 11.5 Å².